The molecule has 2 aliphatic rings. The van der Waals surface area contributed by atoms with Gasteiger partial charge in [-0.15, -0.1) is 0 Å². The molecule has 0 saturated carbocycles. The van der Waals surface area contributed by atoms with Gasteiger partial charge in [0.15, 0.2) is 0 Å². The molecule has 4 heteroatoms. The molecule has 0 aromatic carbocycles. The van der Waals surface area contributed by atoms with E-state index in [2.05, 4.69) is 17.3 Å². The largest absolute Gasteiger partial charge is 0.392 e. The van der Waals surface area contributed by atoms with Crippen molar-refractivity contribution in [3.8, 4) is 0 Å². The summed E-state index contributed by atoms with van der Waals surface area (Å²) in [6, 6.07) is 1.13. The highest BCUT2D eigenvalue weighted by atomic mass is 16.5. The zero-order valence-corrected chi connectivity index (χ0v) is 9.48. The average Bonchev–Trinajstić information content (AvgIpc) is 2.65. The van der Waals surface area contributed by atoms with E-state index in [1.165, 1.54) is 0 Å². The van der Waals surface area contributed by atoms with Gasteiger partial charge < -0.3 is 20.1 Å². The van der Waals surface area contributed by atoms with Gasteiger partial charge in [0.1, 0.15) is 0 Å². The zero-order valence-electron chi connectivity index (χ0n) is 9.48. The normalized spacial score (nSPS) is 33.8. The second kappa shape index (κ2) is 5.25. The van der Waals surface area contributed by atoms with E-state index < -0.39 is 0 Å². The highest BCUT2D eigenvalue weighted by Crippen LogP contribution is 2.15. The first-order valence-electron chi connectivity index (χ1n) is 5.95. The van der Waals surface area contributed by atoms with E-state index in [9.17, 15) is 5.11 Å². The second-order valence-electron chi connectivity index (χ2n) is 4.78. The van der Waals surface area contributed by atoms with Gasteiger partial charge >= 0.3 is 0 Å². The Morgan fingerprint density at radius 1 is 1.40 bits per heavy atom. The number of rotatable bonds is 3. The standard InChI is InChI=1S/C11H22N2O2/c1-13(10-2-4-15-5-3-10)8-9-6-11(14)7-12-9/h9-12,14H,2-8H2,1H3. The molecule has 2 unspecified atom stereocenters. The third-order valence-electron chi connectivity index (χ3n) is 3.52. The van der Waals surface area contributed by atoms with Crippen LogP contribution in [0.25, 0.3) is 0 Å². The fourth-order valence-corrected chi connectivity index (χ4v) is 2.56. The van der Waals surface area contributed by atoms with Crippen molar-refractivity contribution in [1.82, 2.24) is 10.2 Å². The molecule has 0 spiro atoms. The minimum Gasteiger partial charge on any atom is -0.392 e. The summed E-state index contributed by atoms with van der Waals surface area (Å²) in [5.74, 6) is 0. The topological polar surface area (TPSA) is 44.7 Å². The SMILES string of the molecule is CN(CC1CC(O)CN1)C1CCOCC1. The van der Waals surface area contributed by atoms with Crippen LogP contribution in [0.2, 0.25) is 0 Å². The molecule has 0 amide bonds. The molecule has 15 heavy (non-hydrogen) atoms. The predicted octanol–water partition coefficient (Wildman–Crippen LogP) is -0.180. The summed E-state index contributed by atoms with van der Waals surface area (Å²) >= 11 is 0. The average molecular weight is 214 g/mol. The van der Waals surface area contributed by atoms with Gasteiger partial charge in [0.2, 0.25) is 0 Å². The van der Waals surface area contributed by atoms with Gasteiger partial charge in [0, 0.05) is 38.4 Å². The monoisotopic (exact) mass is 214 g/mol. The Hall–Kier alpha value is -0.160. The number of hydrogen-bond donors (Lipinski definition) is 2. The Morgan fingerprint density at radius 2 is 2.13 bits per heavy atom. The first kappa shape index (κ1) is 11.3. The van der Waals surface area contributed by atoms with Crippen LogP contribution < -0.4 is 5.32 Å². The molecule has 0 aliphatic carbocycles. The molecular formula is C11H22N2O2. The summed E-state index contributed by atoms with van der Waals surface area (Å²) in [4.78, 5) is 2.41. The van der Waals surface area contributed by atoms with Crippen LogP contribution in [0.1, 0.15) is 19.3 Å². The first-order valence-corrected chi connectivity index (χ1v) is 5.95. The number of β-amino-alcohol motifs (C(OH)–C–C–N with tert-alkyl or cyclic N) is 1. The lowest BCUT2D eigenvalue weighted by Gasteiger charge is -2.32. The quantitative estimate of drug-likeness (QED) is 0.684. The third-order valence-corrected chi connectivity index (χ3v) is 3.52. The minimum atomic E-state index is -0.141. The number of hydrogen-bond acceptors (Lipinski definition) is 4. The first-order chi connectivity index (χ1) is 7.25. The van der Waals surface area contributed by atoms with Gasteiger partial charge in [0.05, 0.1) is 6.10 Å². The summed E-state index contributed by atoms with van der Waals surface area (Å²) in [6.07, 6.45) is 3.04. The molecule has 2 fully saturated rings. The lowest BCUT2D eigenvalue weighted by Crippen LogP contribution is -2.43. The Kier molecular flexibility index (Phi) is 3.97. The van der Waals surface area contributed by atoms with Crippen LogP contribution in [0.4, 0.5) is 0 Å². The Bertz CT molecular complexity index is 195. The highest BCUT2D eigenvalue weighted by molar-refractivity contribution is 4.85. The van der Waals surface area contributed by atoms with Crippen molar-refractivity contribution >= 4 is 0 Å². The summed E-state index contributed by atoms with van der Waals surface area (Å²) in [7, 11) is 2.18. The lowest BCUT2D eigenvalue weighted by atomic mass is 10.1. The summed E-state index contributed by atoms with van der Waals surface area (Å²) in [6.45, 7) is 3.60. The number of likely N-dealkylation sites (N-methyl/N-ethyl adjacent to an activating group) is 1. The molecule has 2 heterocycles. The zero-order chi connectivity index (χ0) is 10.7. The van der Waals surface area contributed by atoms with Gasteiger partial charge in [-0.2, -0.15) is 0 Å². The molecule has 4 nitrogen and oxygen atoms in total. The van der Waals surface area contributed by atoms with Gasteiger partial charge in [-0.1, -0.05) is 0 Å². The van der Waals surface area contributed by atoms with Crippen molar-refractivity contribution in [3.63, 3.8) is 0 Å². The number of ether oxygens (including phenoxy) is 1. The van der Waals surface area contributed by atoms with Crippen LogP contribution in [0, 0.1) is 0 Å². The molecule has 0 aromatic rings. The predicted molar refractivity (Wildman–Crippen MR) is 58.9 cm³/mol. The maximum Gasteiger partial charge on any atom is 0.0680 e. The molecule has 0 radical (unpaired) electrons. The van der Waals surface area contributed by atoms with Crippen molar-refractivity contribution < 1.29 is 9.84 Å². The maximum atomic E-state index is 9.42. The molecule has 0 bridgehead atoms. The van der Waals surface area contributed by atoms with Crippen molar-refractivity contribution in [2.75, 3.05) is 33.4 Å². The van der Waals surface area contributed by atoms with E-state index >= 15 is 0 Å². The smallest absolute Gasteiger partial charge is 0.0680 e. The minimum absolute atomic E-state index is 0.141. The van der Waals surface area contributed by atoms with E-state index in [0.717, 1.165) is 45.6 Å². The fourth-order valence-electron chi connectivity index (χ4n) is 2.56. The molecule has 2 N–H and O–H groups in total. The second-order valence-corrected chi connectivity index (χ2v) is 4.78. The van der Waals surface area contributed by atoms with E-state index in [1.54, 1.807) is 0 Å². The maximum absolute atomic E-state index is 9.42. The molecule has 0 aromatic heterocycles. The van der Waals surface area contributed by atoms with E-state index in [0.29, 0.717) is 12.1 Å². The Morgan fingerprint density at radius 3 is 2.73 bits per heavy atom. The number of nitrogens with zero attached hydrogens (tertiary/aromatic N) is 1. The van der Waals surface area contributed by atoms with Gasteiger partial charge in [-0.25, -0.2) is 0 Å². The molecule has 2 saturated heterocycles. The van der Waals surface area contributed by atoms with Crippen LogP contribution >= 0.6 is 0 Å². The van der Waals surface area contributed by atoms with Crippen molar-refractivity contribution in [2.45, 2.75) is 37.5 Å². The van der Waals surface area contributed by atoms with Crippen LogP contribution in [-0.2, 0) is 4.74 Å². The van der Waals surface area contributed by atoms with Gasteiger partial charge in [0.25, 0.3) is 0 Å². The molecule has 2 aliphatic heterocycles. The molecular weight excluding hydrogens is 192 g/mol. The Balaban J connectivity index is 1.73. The van der Waals surface area contributed by atoms with Crippen molar-refractivity contribution in [3.05, 3.63) is 0 Å². The van der Waals surface area contributed by atoms with E-state index in [4.69, 9.17) is 4.74 Å². The van der Waals surface area contributed by atoms with Crippen LogP contribution in [0.5, 0.6) is 0 Å². The summed E-state index contributed by atoms with van der Waals surface area (Å²) in [5, 5.41) is 12.8. The van der Waals surface area contributed by atoms with Crippen LogP contribution in [0.15, 0.2) is 0 Å². The van der Waals surface area contributed by atoms with Crippen LogP contribution in [0.3, 0.4) is 0 Å². The molecule has 2 atom stereocenters. The molecule has 2 rings (SSSR count). The van der Waals surface area contributed by atoms with E-state index in [1.807, 2.05) is 0 Å². The third kappa shape index (κ3) is 3.14. The van der Waals surface area contributed by atoms with Crippen molar-refractivity contribution in [1.29, 1.82) is 0 Å². The highest BCUT2D eigenvalue weighted by Gasteiger charge is 2.26. The number of nitrogens with one attached hydrogen (secondary N) is 1. The van der Waals surface area contributed by atoms with Crippen molar-refractivity contribution in [2.24, 2.45) is 0 Å². The van der Waals surface area contributed by atoms with Gasteiger partial charge in [-0.3, -0.25) is 0 Å². The molecule has 88 valence electrons. The summed E-state index contributed by atoms with van der Waals surface area (Å²) in [5.41, 5.74) is 0. The Labute approximate surface area is 91.6 Å². The number of aliphatic hydroxyl groups excluding tert-OH is 1. The fraction of sp³-hybridized carbons (Fsp3) is 1.00. The summed E-state index contributed by atoms with van der Waals surface area (Å²) < 4.78 is 5.35. The van der Waals surface area contributed by atoms with Crippen LogP contribution in [-0.4, -0.2) is 61.5 Å². The van der Waals surface area contributed by atoms with E-state index in [-0.39, 0.29) is 6.10 Å². The number of aliphatic hydroxyl groups is 1. The van der Waals surface area contributed by atoms with Gasteiger partial charge in [-0.05, 0) is 26.3 Å². The lowest BCUT2D eigenvalue weighted by molar-refractivity contribution is 0.0404.